The maximum Gasteiger partial charge on any atom is 0.324 e. The van der Waals surface area contributed by atoms with Crippen LogP contribution in [0.5, 0.6) is 0 Å². The van der Waals surface area contributed by atoms with Crippen molar-refractivity contribution in [1.82, 2.24) is 9.88 Å². The summed E-state index contributed by atoms with van der Waals surface area (Å²) in [6.45, 7) is 9.29. The Morgan fingerprint density at radius 2 is 1.93 bits per heavy atom. The second kappa shape index (κ2) is 9.92. The van der Waals surface area contributed by atoms with E-state index in [-0.39, 0.29) is 10.9 Å². The summed E-state index contributed by atoms with van der Waals surface area (Å²) in [5.41, 5.74) is 1.99. The number of thiazole rings is 1. The first-order valence-corrected chi connectivity index (χ1v) is 11.4. The fourth-order valence-corrected chi connectivity index (χ4v) is 4.84. The molecule has 1 aromatic carbocycles. The van der Waals surface area contributed by atoms with Gasteiger partial charge in [-0.25, -0.2) is 4.98 Å². The number of likely N-dealkylation sites (N-methyl/N-ethyl adjacent to an activating group) is 1. The largest absolute Gasteiger partial charge is 0.324 e. The third-order valence-electron chi connectivity index (χ3n) is 4.82. The average molecular weight is 445 g/mol. The number of hydrogen-bond acceptors (Lipinski definition) is 7. The highest BCUT2D eigenvalue weighted by Gasteiger charge is 2.19. The van der Waals surface area contributed by atoms with Gasteiger partial charge in [0.1, 0.15) is 0 Å². The van der Waals surface area contributed by atoms with Crippen molar-refractivity contribution < 1.29 is 9.72 Å². The summed E-state index contributed by atoms with van der Waals surface area (Å²) < 4.78 is 1.04. The number of nitro groups is 1. The minimum atomic E-state index is -0.427. The van der Waals surface area contributed by atoms with E-state index in [0.717, 1.165) is 46.8 Å². The molecule has 3 aromatic rings. The second-order valence-corrected chi connectivity index (χ2v) is 8.80. The van der Waals surface area contributed by atoms with E-state index in [4.69, 9.17) is 4.98 Å². The molecular weight excluding hydrogens is 420 g/mol. The first kappa shape index (κ1) is 22.1. The van der Waals surface area contributed by atoms with Crippen LogP contribution in [-0.2, 0) is 4.79 Å². The second-order valence-electron chi connectivity index (χ2n) is 6.70. The van der Waals surface area contributed by atoms with Gasteiger partial charge in [-0.15, -0.1) is 0 Å². The molecule has 0 aliphatic rings. The van der Waals surface area contributed by atoms with Crippen molar-refractivity contribution in [2.75, 3.05) is 31.1 Å². The van der Waals surface area contributed by atoms with Crippen LogP contribution in [0.1, 0.15) is 24.3 Å². The quantitative estimate of drug-likeness (QED) is 0.265. The Morgan fingerprint density at radius 3 is 2.57 bits per heavy atom. The topological polar surface area (TPSA) is 79.6 Å². The number of hydrogen-bond donors (Lipinski definition) is 0. The number of thiophene rings is 1. The van der Waals surface area contributed by atoms with Crippen LogP contribution < -0.4 is 4.90 Å². The number of aromatic nitrogens is 1. The summed E-state index contributed by atoms with van der Waals surface area (Å²) in [4.78, 5) is 32.9. The number of benzene rings is 1. The zero-order valence-corrected chi connectivity index (χ0v) is 18.8. The number of nitrogens with zero attached hydrogens (tertiary/aromatic N) is 4. The van der Waals surface area contributed by atoms with E-state index in [0.29, 0.717) is 16.6 Å². The third-order valence-corrected chi connectivity index (χ3v) is 6.87. The van der Waals surface area contributed by atoms with Crippen molar-refractivity contribution in [1.29, 1.82) is 0 Å². The number of aryl methyl sites for hydroxylation is 1. The zero-order valence-electron chi connectivity index (χ0n) is 17.2. The molecule has 0 radical (unpaired) electrons. The van der Waals surface area contributed by atoms with E-state index >= 15 is 0 Å². The number of carbonyl (C=O) groups excluding carboxylic acids is 1. The Balaban J connectivity index is 1.87. The highest BCUT2D eigenvalue weighted by molar-refractivity contribution is 7.22. The predicted molar refractivity (Wildman–Crippen MR) is 125 cm³/mol. The highest BCUT2D eigenvalue weighted by Crippen LogP contribution is 2.31. The number of amides is 1. The number of carbonyl (C=O) groups is 1. The van der Waals surface area contributed by atoms with Gasteiger partial charge in [-0.1, -0.05) is 48.7 Å². The Kier molecular flexibility index (Phi) is 7.30. The molecule has 0 spiro atoms. The molecule has 30 heavy (non-hydrogen) atoms. The summed E-state index contributed by atoms with van der Waals surface area (Å²) in [5.74, 6) is -0.185. The molecule has 0 fully saturated rings. The van der Waals surface area contributed by atoms with Gasteiger partial charge in [-0.05, 0) is 43.8 Å². The smallest absolute Gasteiger partial charge is 0.302 e. The SMILES string of the molecule is CCN(CC)CCN(C(=O)C=Cc1ccc([N+](=O)[O-])s1)c1nc2c(C)cccc2s1. The summed E-state index contributed by atoms with van der Waals surface area (Å²) >= 11 is 2.54. The van der Waals surface area contributed by atoms with E-state index in [1.54, 1.807) is 17.0 Å². The van der Waals surface area contributed by atoms with Crippen molar-refractivity contribution in [3.63, 3.8) is 0 Å². The summed E-state index contributed by atoms with van der Waals surface area (Å²) in [6, 6.07) is 9.11. The molecule has 0 saturated carbocycles. The van der Waals surface area contributed by atoms with Gasteiger partial charge in [0.15, 0.2) is 5.13 Å². The molecule has 0 unspecified atom stereocenters. The van der Waals surface area contributed by atoms with Crippen molar-refractivity contribution in [2.45, 2.75) is 20.8 Å². The lowest BCUT2D eigenvalue weighted by Crippen LogP contribution is -2.38. The molecule has 158 valence electrons. The normalized spacial score (nSPS) is 11.6. The van der Waals surface area contributed by atoms with Crippen LogP contribution in [0.15, 0.2) is 36.4 Å². The van der Waals surface area contributed by atoms with Crippen LogP contribution >= 0.6 is 22.7 Å². The fourth-order valence-electron chi connectivity index (χ4n) is 3.04. The Labute approximate surface area is 183 Å². The van der Waals surface area contributed by atoms with Gasteiger partial charge >= 0.3 is 5.00 Å². The van der Waals surface area contributed by atoms with E-state index < -0.39 is 4.92 Å². The van der Waals surface area contributed by atoms with Gasteiger partial charge in [0, 0.05) is 30.1 Å². The lowest BCUT2D eigenvalue weighted by Gasteiger charge is -2.23. The lowest BCUT2D eigenvalue weighted by atomic mass is 10.2. The highest BCUT2D eigenvalue weighted by atomic mass is 32.1. The van der Waals surface area contributed by atoms with Crippen molar-refractivity contribution in [2.24, 2.45) is 0 Å². The Bertz CT molecular complexity index is 1070. The van der Waals surface area contributed by atoms with Crippen LogP contribution in [0.25, 0.3) is 16.3 Å². The number of fused-ring (bicyclic) bond motifs is 1. The van der Waals surface area contributed by atoms with Crippen LogP contribution in [0.3, 0.4) is 0 Å². The maximum atomic E-state index is 13.1. The molecule has 2 aromatic heterocycles. The molecule has 7 nitrogen and oxygen atoms in total. The molecule has 0 bridgehead atoms. The van der Waals surface area contributed by atoms with Gasteiger partial charge in [-0.3, -0.25) is 19.8 Å². The van der Waals surface area contributed by atoms with Gasteiger partial charge in [-0.2, -0.15) is 0 Å². The Hall–Kier alpha value is -2.62. The van der Waals surface area contributed by atoms with Crippen molar-refractivity contribution in [3.8, 4) is 0 Å². The van der Waals surface area contributed by atoms with E-state index in [2.05, 4.69) is 18.7 Å². The lowest BCUT2D eigenvalue weighted by molar-refractivity contribution is -0.380. The van der Waals surface area contributed by atoms with Gasteiger partial charge < -0.3 is 4.90 Å². The molecule has 9 heteroatoms. The van der Waals surface area contributed by atoms with E-state index in [1.165, 1.54) is 23.5 Å². The Morgan fingerprint density at radius 1 is 1.17 bits per heavy atom. The molecule has 0 saturated heterocycles. The first-order valence-electron chi connectivity index (χ1n) is 9.75. The van der Waals surface area contributed by atoms with Crippen LogP contribution in [0.4, 0.5) is 10.1 Å². The minimum absolute atomic E-state index is 0.0575. The van der Waals surface area contributed by atoms with Crippen LogP contribution in [0, 0.1) is 17.0 Å². The molecular formula is C21H24N4O3S2. The zero-order chi connectivity index (χ0) is 21.7. The molecule has 0 N–H and O–H groups in total. The van der Waals surface area contributed by atoms with Gasteiger partial charge in [0.2, 0.25) is 0 Å². The maximum absolute atomic E-state index is 13.1. The first-order chi connectivity index (χ1) is 14.4. The van der Waals surface area contributed by atoms with Crippen LogP contribution in [0.2, 0.25) is 0 Å². The summed E-state index contributed by atoms with van der Waals surface area (Å²) in [5, 5.41) is 11.6. The minimum Gasteiger partial charge on any atom is -0.302 e. The van der Waals surface area contributed by atoms with E-state index in [1.807, 2.05) is 25.1 Å². The molecule has 0 aliphatic heterocycles. The summed E-state index contributed by atoms with van der Waals surface area (Å²) in [6.07, 6.45) is 3.10. The molecule has 3 rings (SSSR count). The van der Waals surface area contributed by atoms with Crippen LogP contribution in [-0.4, -0.2) is 46.9 Å². The number of rotatable bonds is 9. The van der Waals surface area contributed by atoms with Gasteiger partial charge in [0.25, 0.3) is 5.91 Å². The number of para-hydroxylation sites is 1. The third kappa shape index (κ3) is 5.10. The standard InChI is InChI=1S/C21H24N4O3S2/c1-4-23(5-2)13-14-24(21-22-20-15(3)7-6-8-17(20)30-21)18(26)11-9-16-10-12-19(29-16)25(27)28/h6-12H,4-5,13-14H2,1-3H3. The molecule has 2 heterocycles. The van der Waals surface area contributed by atoms with Crippen molar-refractivity contribution in [3.05, 3.63) is 57.0 Å². The van der Waals surface area contributed by atoms with Crippen molar-refractivity contribution >= 4 is 55.0 Å². The predicted octanol–water partition coefficient (Wildman–Crippen LogP) is 4.96. The monoisotopic (exact) mass is 444 g/mol. The number of anilines is 1. The molecule has 0 aliphatic carbocycles. The van der Waals surface area contributed by atoms with Gasteiger partial charge in [0.05, 0.1) is 15.1 Å². The fraction of sp³-hybridized carbons (Fsp3) is 0.333. The van der Waals surface area contributed by atoms with E-state index in [9.17, 15) is 14.9 Å². The molecule has 1 amide bonds. The summed E-state index contributed by atoms with van der Waals surface area (Å²) in [7, 11) is 0. The molecule has 0 atom stereocenters. The average Bonchev–Trinajstić information content (AvgIpc) is 3.37.